The molecule has 2 N–H and O–H groups in total. The topological polar surface area (TPSA) is 43.1 Å². The number of allylic oxidation sites excluding steroid dienone is 1. The van der Waals surface area contributed by atoms with Gasteiger partial charge in [-0.05, 0) is 97.4 Å². The number of nitrogens with two attached hydrogens (primary N) is 1. The third kappa shape index (κ3) is 1.37. The molecular formula is C22H31NO. The summed E-state index contributed by atoms with van der Waals surface area (Å²) >= 11 is 0. The lowest BCUT2D eigenvalue weighted by Gasteiger charge is -2.60. The highest BCUT2D eigenvalue weighted by Gasteiger charge is 2.76. The van der Waals surface area contributed by atoms with Crippen LogP contribution in [0.2, 0.25) is 0 Å². The summed E-state index contributed by atoms with van der Waals surface area (Å²) in [6.45, 7) is 7.42. The van der Waals surface area contributed by atoms with Gasteiger partial charge in [-0.25, -0.2) is 0 Å². The van der Waals surface area contributed by atoms with Crippen molar-refractivity contribution < 1.29 is 4.79 Å². The first-order chi connectivity index (χ1) is 11.3. The quantitative estimate of drug-likeness (QED) is 0.733. The second kappa shape index (κ2) is 3.87. The number of rotatable bonds is 0. The zero-order valence-corrected chi connectivity index (χ0v) is 15.3. The van der Waals surface area contributed by atoms with Crippen LogP contribution < -0.4 is 5.73 Å². The summed E-state index contributed by atoms with van der Waals surface area (Å²) in [6.07, 6.45) is 9.39. The molecule has 10 atom stereocenters. The maximum Gasteiger partial charge on any atom is 0.155 e. The van der Waals surface area contributed by atoms with Gasteiger partial charge in [0.25, 0.3) is 0 Å². The van der Waals surface area contributed by atoms with Gasteiger partial charge in [-0.1, -0.05) is 19.4 Å². The molecular weight excluding hydrogens is 294 g/mol. The van der Waals surface area contributed by atoms with Crippen molar-refractivity contribution in [1.29, 1.82) is 0 Å². The minimum Gasteiger partial charge on any atom is -0.325 e. The van der Waals surface area contributed by atoms with Crippen molar-refractivity contribution in [3.63, 3.8) is 0 Å². The summed E-state index contributed by atoms with van der Waals surface area (Å²) in [5.41, 5.74) is 9.25. The molecule has 0 spiro atoms. The van der Waals surface area contributed by atoms with Crippen LogP contribution in [0.5, 0.6) is 0 Å². The molecule has 6 rings (SSSR count). The zero-order valence-electron chi connectivity index (χ0n) is 15.3. The molecule has 5 fully saturated rings. The van der Waals surface area contributed by atoms with Crippen LogP contribution in [-0.2, 0) is 4.79 Å². The van der Waals surface area contributed by atoms with Crippen molar-refractivity contribution in [3.05, 3.63) is 11.6 Å². The highest BCUT2D eigenvalue weighted by Crippen LogP contribution is 2.80. The van der Waals surface area contributed by atoms with E-state index in [1.165, 1.54) is 25.7 Å². The summed E-state index contributed by atoms with van der Waals surface area (Å²) < 4.78 is 0. The fourth-order valence-corrected chi connectivity index (χ4v) is 8.77. The number of carbonyl (C=O) groups is 1. The SMILES string of the molecule is CC12CCC(=O)C=C1[C@@H]1CC1C1[C@@H]3[C@@H]4C[C@@H]4[C@](C)(N)[C@@]3(C)CC[C@@H]12. The molecule has 3 unspecified atom stereocenters. The predicted octanol–water partition coefficient (Wildman–Crippen LogP) is 3.95. The highest BCUT2D eigenvalue weighted by molar-refractivity contribution is 5.92. The van der Waals surface area contributed by atoms with Crippen molar-refractivity contribution in [2.24, 2.45) is 58.0 Å². The third-order valence-electron chi connectivity index (χ3n) is 10.3. The van der Waals surface area contributed by atoms with Gasteiger partial charge in [-0.15, -0.1) is 0 Å². The summed E-state index contributed by atoms with van der Waals surface area (Å²) in [4.78, 5) is 12.1. The molecule has 0 radical (unpaired) electrons. The Morgan fingerprint density at radius 2 is 1.88 bits per heavy atom. The van der Waals surface area contributed by atoms with Crippen LogP contribution in [-0.4, -0.2) is 11.3 Å². The van der Waals surface area contributed by atoms with Crippen LogP contribution in [0.1, 0.15) is 59.3 Å². The van der Waals surface area contributed by atoms with Crippen LogP contribution in [0.4, 0.5) is 0 Å². The lowest BCUT2D eigenvalue weighted by Crippen LogP contribution is -2.59. The number of carbonyl (C=O) groups excluding carboxylic acids is 1. The molecule has 0 aromatic rings. The van der Waals surface area contributed by atoms with E-state index in [0.717, 1.165) is 54.3 Å². The third-order valence-corrected chi connectivity index (χ3v) is 10.3. The van der Waals surface area contributed by atoms with Gasteiger partial charge in [0.2, 0.25) is 0 Å². The maximum atomic E-state index is 12.1. The van der Waals surface area contributed by atoms with E-state index in [2.05, 4.69) is 26.8 Å². The molecule has 0 aliphatic heterocycles. The van der Waals surface area contributed by atoms with Crippen molar-refractivity contribution in [2.75, 3.05) is 0 Å². The second-order valence-corrected chi connectivity index (χ2v) is 10.9. The molecule has 0 aromatic carbocycles. The maximum absolute atomic E-state index is 12.1. The predicted molar refractivity (Wildman–Crippen MR) is 94.0 cm³/mol. The Bertz CT molecular complexity index is 692. The number of fused-ring (bicyclic) bond motifs is 10. The van der Waals surface area contributed by atoms with E-state index in [-0.39, 0.29) is 5.54 Å². The average Bonchev–Trinajstić information content (AvgIpc) is 3.40. The molecule has 5 saturated carbocycles. The molecule has 0 saturated heterocycles. The molecule has 130 valence electrons. The first-order valence-electron chi connectivity index (χ1n) is 10.3. The van der Waals surface area contributed by atoms with Crippen LogP contribution in [0.3, 0.4) is 0 Å². The first-order valence-corrected chi connectivity index (χ1v) is 10.3. The Morgan fingerprint density at radius 1 is 1.08 bits per heavy atom. The van der Waals surface area contributed by atoms with Gasteiger partial charge < -0.3 is 5.73 Å². The van der Waals surface area contributed by atoms with Crippen molar-refractivity contribution in [1.82, 2.24) is 0 Å². The van der Waals surface area contributed by atoms with Gasteiger partial charge in [-0.2, -0.15) is 0 Å². The Hall–Kier alpha value is -0.630. The van der Waals surface area contributed by atoms with E-state index in [1.807, 2.05) is 0 Å². The molecule has 24 heavy (non-hydrogen) atoms. The standard InChI is InChI=1S/C22H31NO/c1-20-6-4-11(24)8-16(20)12-9-13(12)18-15(20)5-7-21(2)19(18)14-10-17(14)22(21,3)23/h8,12-15,17-19H,4-7,9-10,23H2,1-3H3/t12-,13?,14-,15+,17+,18?,19+,20?,21+,22+/m1/s1. The van der Waals surface area contributed by atoms with Gasteiger partial charge in [-0.3, -0.25) is 4.79 Å². The Morgan fingerprint density at radius 3 is 2.67 bits per heavy atom. The summed E-state index contributed by atoms with van der Waals surface area (Å²) in [5.74, 6) is 6.29. The fraction of sp³-hybridized carbons (Fsp3) is 0.864. The van der Waals surface area contributed by atoms with Crippen LogP contribution >= 0.6 is 0 Å². The molecule has 6 aliphatic carbocycles. The van der Waals surface area contributed by atoms with Crippen LogP contribution in [0.25, 0.3) is 0 Å². The Balaban J connectivity index is 1.47. The number of ketones is 1. The fourth-order valence-electron chi connectivity index (χ4n) is 8.77. The molecule has 0 aromatic heterocycles. The van der Waals surface area contributed by atoms with E-state index in [0.29, 0.717) is 16.6 Å². The van der Waals surface area contributed by atoms with Gasteiger partial charge in [0.15, 0.2) is 5.78 Å². The van der Waals surface area contributed by atoms with Gasteiger partial charge in [0.1, 0.15) is 0 Å². The smallest absolute Gasteiger partial charge is 0.155 e. The van der Waals surface area contributed by atoms with Gasteiger partial charge >= 0.3 is 0 Å². The van der Waals surface area contributed by atoms with Crippen molar-refractivity contribution in [3.8, 4) is 0 Å². The normalized spacial score (nSPS) is 65.8. The number of hydrogen-bond donors (Lipinski definition) is 1. The highest BCUT2D eigenvalue weighted by atomic mass is 16.1. The van der Waals surface area contributed by atoms with E-state index in [1.54, 1.807) is 5.57 Å². The minimum absolute atomic E-state index is 0.0528. The largest absolute Gasteiger partial charge is 0.325 e. The van der Waals surface area contributed by atoms with E-state index < -0.39 is 0 Å². The second-order valence-electron chi connectivity index (χ2n) is 10.9. The summed E-state index contributed by atoms with van der Waals surface area (Å²) in [7, 11) is 0. The zero-order chi connectivity index (χ0) is 16.6. The van der Waals surface area contributed by atoms with E-state index in [9.17, 15) is 4.79 Å². The molecule has 2 nitrogen and oxygen atoms in total. The summed E-state index contributed by atoms with van der Waals surface area (Å²) in [6, 6.07) is 0. The van der Waals surface area contributed by atoms with Crippen molar-refractivity contribution in [2.45, 2.75) is 64.8 Å². The average molecular weight is 325 g/mol. The monoisotopic (exact) mass is 325 g/mol. The van der Waals surface area contributed by atoms with Gasteiger partial charge in [0, 0.05) is 12.0 Å². The minimum atomic E-state index is 0.0528. The summed E-state index contributed by atoms with van der Waals surface area (Å²) in [5, 5.41) is 0. The number of hydrogen-bond acceptors (Lipinski definition) is 2. The molecule has 0 amide bonds. The van der Waals surface area contributed by atoms with Crippen molar-refractivity contribution >= 4 is 5.78 Å². The molecule has 0 bridgehead atoms. The first kappa shape index (κ1) is 14.5. The van der Waals surface area contributed by atoms with E-state index >= 15 is 0 Å². The van der Waals surface area contributed by atoms with Crippen LogP contribution in [0, 0.1) is 52.3 Å². The Kier molecular flexibility index (Phi) is 2.34. The lowest BCUT2D eigenvalue weighted by molar-refractivity contribution is -0.118. The molecule has 2 heteroatoms. The van der Waals surface area contributed by atoms with E-state index in [4.69, 9.17) is 5.73 Å². The molecule has 0 heterocycles. The Labute approximate surface area is 145 Å². The van der Waals surface area contributed by atoms with Gasteiger partial charge in [0.05, 0.1) is 0 Å². The molecule has 6 aliphatic rings. The lowest BCUT2D eigenvalue weighted by atomic mass is 9.45. The van der Waals surface area contributed by atoms with Crippen LogP contribution in [0.15, 0.2) is 11.6 Å².